The van der Waals surface area contributed by atoms with Crippen molar-refractivity contribution in [2.24, 2.45) is 0 Å². The summed E-state index contributed by atoms with van der Waals surface area (Å²) < 4.78 is 25.7. The molecule has 2 N–H and O–H groups in total. The molecule has 7 heteroatoms. The first-order valence-electron chi connectivity index (χ1n) is 8.60. The number of hydrogen-bond acceptors (Lipinski definition) is 4. The van der Waals surface area contributed by atoms with E-state index in [2.05, 4.69) is 22.8 Å². The summed E-state index contributed by atoms with van der Waals surface area (Å²) in [6, 6.07) is 6.25. The summed E-state index contributed by atoms with van der Waals surface area (Å²) in [5.74, 6) is -0.0319. The molecule has 0 aliphatic carbocycles. The Morgan fingerprint density at radius 2 is 1.92 bits per heavy atom. The molecule has 0 unspecified atom stereocenters. The SMILES string of the molecule is O=C(CCCS(=O)(=O)N1CCCC1)NCc1ccc2c(c1)CNC2. The number of hydrogen-bond donors (Lipinski definition) is 2. The molecule has 1 aromatic rings. The van der Waals surface area contributed by atoms with Crippen LogP contribution >= 0.6 is 0 Å². The summed E-state index contributed by atoms with van der Waals surface area (Å²) in [7, 11) is -3.18. The van der Waals surface area contributed by atoms with Crippen molar-refractivity contribution in [3.8, 4) is 0 Å². The third-order valence-corrected chi connectivity index (χ3v) is 6.61. The Labute approximate surface area is 143 Å². The van der Waals surface area contributed by atoms with Crippen molar-refractivity contribution in [1.29, 1.82) is 0 Å². The second-order valence-corrected chi connectivity index (χ2v) is 8.60. The van der Waals surface area contributed by atoms with Gasteiger partial charge in [-0.1, -0.05) is 18.2 Å². The summed E-state index contributed by atoms with van der Waals surface area (Å²) >= 11 is 0. The lowest BCUT2D eigenvalue weighted by Crippen LogP contribution is -2.31. The van der Waals surface area contributed by atoms with Crippen LogP contribution in [0.4, 0.5) is 0 Å². The van der Waals surface area contributed by atoms with E-state index in [0.717, 1.165) is 31.5 Å². The summed E-state index contributed by atoms with van der Waals surface area (Å²) in [5, 5.41) is 6.17. The molecule has 1 amide bonds. The van der Waals surface area contributed by atoms with Gasteiger partial charge in [0.1, 0.15) is 0 Å². The molecular weight excluding hydrogens is 326 g/mol. The molecule has 0 aromatic heterocycles. The van der Waals surface area contributed by atoms with E-state index in [4.69, 9.17) is 0 Å². The molecule has 2 aliphatic heterocycles. The van der Waals surface area contributed by atoms with E-state index in [1.807, 2.05) is 6.07 Å². The smallest absolute Gasteiger partial charge is 0.220 e. The standard InChI is InChI=1S/C17H25N3O3S/c21-17(4-3-9-24(22,23)20-7-1-2-8-20)19-11-14-5-6-15-12-18-13-16(15)10-14/h5-6,10,18H,1-4,7-9,11-13H2,(H,19,21). The number of nitrogens with zero attached hydrogens (tertiary/aromatic N) is 1. The molecule has 1 saturated heterocycles. The topological polar surface area (TPSA) is 78.5 Å². The molecule has 0 saturated carbocycles. The monoisotopic (exact) mass is 351 g/mol. The van der Waals surface area contributed by atoms with Crippen molar-refractivity contribution in [2.45, 2.75) is 45.3 Å². The van der Waals surface area contributed by atoms with Gasteiger partial charge >= 0.3 is 0 Å². The van der Waals surface area contributed by atoms with E-state index in [1.165, 1.54) is 11.1 Å². The predicted molar refractivity (Wildman–Crippen MR) is 92.7 cm³/mol. The molecule has 1 fully saturated rings. The van der Waals surface area contributed by atoms with Crippen LogP contribution in [0.1, 0.15) is 42.4 Å². The van der Waals surface area contributed by atoms with Crippen LogP contribution in [0.15, 0.2) is 18.2 Å². The van der Waals surface area contributed by atoms with Crippen LogP contribution < -0.4 is 10.6 Å². The van der Waals surface area contributed by atoms with Crippen molar-refractivity contribution in [3.63, 3.8) is 0 Å². The van der Waals surface area contributed by atoms with Crippen LogP contribution in [0.3, 0.4) is 0 Å². The zero-order valence-electron chi connectivity index (χ0n) is 13.9. The maximum Gasteiger partial charge on any atom is 0.220 e. The molecule has 0 bridgehead atoms. The highest BCUT2D eigenvalue weighted by Gasteiger charge is 2.24. The molecule has 3 rings (SSSR count). The summed E-state index contributed by atoms with van der Waals surface area (Å²) in [4.78, 5) is 11.9. The van der Waals surface area contributed by atoms with Crippen molar-refractivity contribution in [1.82, 2.24) is 14.9 Å². The summed E-state index contributed by atoms with van der Waals surface area (Å²) in [6.45, 7) is 3.54. The number of amides is 1. The number of rotatable bonds is 7. The van der Waals surface area contributed by atoms with Gasteiger partial charge in [-0.15, -0.1) is 0 Å². The fourth-order valence-corrected chi connectivity index (χ4v) is 4.84. The van der Waals surface area contributed by atoms with Gasteiger partial charge in [0.2, 0.25) is 15.9 Å². The van der Waals surface area contributed by atoms with E-state index in [1.54, 1.807) is 4.31 Å². The first kappa shape index (κ1) is 17.4. The van der Waals surface area contributed by atoms with Crippen LogP contribution in [0.5, 0.6) is 0 Å². The van der Waals surface area contributed by atoms with Crippen molar-refractivity contribution >= 4 is 15.9 Å². The van der Waals surface area contributed by atoms with Gasteiger partial charge < -0.3 is 10.6 Å². The second kappa shape index (κ2) is 7.63. The van der Waals surface area contributed by atoms with Crippen molar-refractivity contribution in [3.05, 3.63) is 34.9 Å². The van der Waals surface area contributed by atoms with Gasteiger partial charge in [0.05, 0.1) is 5.75 Å². The Balaban J connectivity index is 1.40. The quantitative estimate of drug-likeness (QED) is 0.771. The van der Waals surface area contributed by atoms with Gasteiger partial charge in [-0.05, 0) is 36.0 Å². The molecule has 2 aliphatic rings. The van der Waals surface area contributed by atoms with E-state index in [9.17, 15) is 13.2 Å². The molecule has 6 nitrogen and oxygen atoms in total. The highest BCUT2D eigenvalue weighted by atomic mass is 32.2. The molecule has 0 radical (unpaired) electrons. The number of fused-ring (bicyclic) bond motifs is 1. The largest absolute Gasteiger partial charge is 0.352 e. The normalized spacial score (nSPS) is 17.8. The van der Waals surface area contributed by atoms with E-state index in [0.29, 0.717) is 26.1 Å². The fraction of sp³-hybridized carbons (Fsp3) is 0.588. The minimum absolute atomic E-state index is 0.0605. The van der Waals surface area contributed by atoms with Crippen molar-refractivity contribution < 1.29 is 13.2 Å². The molecule has 24 heavy (non-hydrogen) atoms. The van der Waals surface area contributed by atoms with Crippen LogP contribution in [0.2, 0.25) is 0 Å². The predicted octanol–water partition coefficient (Wildman–Crippen LogP) is 1.11. The van der Waals surface area contributed by atoms with Gasteiger partial charge in [-0.2, -0.15) is 0 Å². The minimum atomic E-state index is -3.18. The Bertz CT molecular complexity index is 697. The van der Waals surface area contributed by atoms with Crippen molar-refractivity contribution in [2.75, 3.05) is 18.8 Å². The number of benzene rings is 1. The van der Waals surface area contributed by atoms with Crippen LogP contribution in [-0.2, 0) is 34.5 Å². The first-order valence-corrected chi connectivity index (χ1v) is 10.2. The average molecular weight is 351 g/mol. The number of sulfonamides is 1. The highest BCUT2D eigenvalue weighted by molar-refractivity contribution is 7.89. The highest BCUT2D eigenvalue weighted by Crippen LogP contribution is 2.17. The summed E-state index contributed by atoms with van der Waals surface area (Å²) in [6.07, 6.45) is 2.50. The third-order valence-electron chi connectivity index (χ3n) is 4.66. The molecule has 2 heterocycles. The number of carbonyl (C=O) groups excluding carboxylic acids is 1. The number of carbonyl (C=O) groups is 1. The Morgan fingerprint density at radius 3 is 2.71 bits per heavy atom. The van der Waals surface area contributed by atoms with Crippen LogP contribution in [-0.4, -0.2) is 37.5 Å². The zero-order valence-corrected chi connectivity index (χ0v) is 14.7. The third kappa shape index (κ3) is 4.34. The molecule has 132 valence electrons. The van der Waals surface area contributed by atoms with E-state index < -0.39 is 10.0 Å². The van der Waals surface area contributed by atoms with Gasteiger partial charge in [0, 0.05) is 39.1 Å². The Morgan fingerprint density at radius 1 is 1.17 bits per heavy atom. The average Bonchev–Trinajstić information content (AvgIpc) is 3.23. The zero-order chi connectivity index (χ0) is 17.0. The lowest BCUT2D eigenvalue weighted by Gasteiger charge is -2.15. The molecule has 1 aromatic carbocycles. The van der Waals surface area contributed by atoms with Gasteiger partial charge in [0.25, 0.3) is 0 Å². The van der Waals surface area contributed by atoms with E-state index in [-0.39, 0.29) is 18.1 Å². The van der Waals surface area contributed by atoms with Crippen LogP contribution in [0.25, 0.3) is 0 Å². The van der Waals surface area contributed by atoms with Crippen LogP contribution in [0, 0.1) is 0 Å². The fourth-order valence-electron chi connectivity index (χ4n) is 3.26. The van der Waals surface area contributed by atoms with Gasteiger partial charge in [-0.3, -0.25) is 4.79 Å². The van der Waals surface area contributed by atoms with E-state index >= 15 is 0 Å². The lowest BCUT2D eigenvalue weighted by atomic mass is 10.1. The Hall–Kier alpha value is -1.44. The maximum absolute atomic E-state index is 12.1. The molecule has 0 spiro atoms. The summed E-state index contributed by atoms with van der Waals surface area (Å²) in [5.41, 5.74) is 3.69. The van der Waals surface area contributed by atoms with Gasteiger partial charge in [-0.25, -0.2) is 12.7 Å². The Kier molecular flexibility index (Phi) is 5.53. The lowest BCUT2D eigenvalue weighted by molar-refractivity contribution is -0.121. The number of nitrogens with one attached hydrogen (secondary N) is 2. The molecule has 0 atom stereocenters. The molecular formula is C17H25N3O3S. The first-order chi connectivity index (χ1) is 11.5. The van der Waals surface area contributed by atoms with Gasteiger partial charge in [0.15, 0.2) is 0 Å². The maximum atomic E-state index is 12.1. The minimum Gasteiger partial charge on any atom is -0.352 e. The second-order valence-electron chi connectivity index (χ2n) is 6.51.